The Hall–Kier alpha value is -1.36. The fourth-order valence-electron chi connectivity index (χ4n) is 2.19. The molecule has 2 atom stereocenters. The second-order valence-corrected chi connectivity index (χ2v) is 4.58. The SMILES string of the molecule is CCc1nc(N)cc(N2C[C@@H](C)O[C@@H](C)C2)n1. The summed E-state index contributed by atoms with van der Waals surface area (Å²) in [4.78, 5) is 10.9. The molecule has 1 aliphatic rings. The topological polar surface area (TPSA) is 64.3 Å². The summed E-state index contributed by atoms with van der Waals surface area (Å²) in [5.74, 6) is 2.25. The van der Waals surface area contributed by atoms with Crippen LogP contribution in [0.5, 0.6) is 0 Å². The summed E-state index contributed by atoms with van der Waals surface area (Å²) in [5.41, 5.74) is 5.80. The van der Waals surface area contributed by atoms with E-state index in [4.69, 9.17) is 10.5 Å². The zero-order valence-electron chi connectivity index (χ0n) is 10.7. The molecule has 0 saturated carbocycles. The van der Waals surface area contributed by atoms with Crippen LogP contribution in [0.25, 0.3) is 0 Å². The minimum atomic E-state index is 0.222. The van der Waals surface area contributed by atoms with E-state index in [-0.39, 0.29) is 12.2 Å². The number of hydrogen-bond acceptors (Lipinski definition) is 5. The van der Waals surface area contributed by atoms with Crippen LogP contribution in [0.1, 0.15) is 26.6 Å². The lowest BCUT2D eigenvalue weighted by Gasteiger charge is -2.36. The predicted octanol–water partition coefficient (Wildman–Crippen LogP) is 1.23. The average molecular weight is 236 g/mol. The molecule has 2 rings (SSSR count). The van der Waals surface area contributed by atoms with Gasteiger partial charge in [0, 0.05) is 25.6 Å². The molecule has 0 aromatic carbocycles. The first-order valence-corrected chi connectivity index (χ1v) is 6.12. The van der Waals surface area contributed by atoms with Gasteiger partial charge < -0.3 is 15.4 Å². The number of morpholine rings is 1. The highest BCUT2D eigenvalue weighted by atomic mass is 16.5. The van der Waals surface area contributed by atoms with Crippen LogP contribution in [0.2, 0.25) is 0 Å². The second-order valence-electron chi connectivity index (χ2n) is 4.58. The first-order chi connectivity index (χ1) is 8.08. The van der Waals surface area contributed by atoms with Gasteiger partial charge in [-0.05, 0) is 13.8 Å². The number of hydrogen-bond donors (Lipinski definition) is 1. The van der Waals surface area contributed by atoms with Crippen molar-refractivity contribution >= 4 is 11.6 Å². The van der Waals surface area contributed by atoms with E-state index in [0.717, 1.165) is 31.2 Å². The van der Waals surface area contributed by atoms with Crippen molar-refractivity contribution in [1.29, 1.82) is 0 Å². The Kier molecular flexibility index (Phi) is 3.47. The van der Waals surface area contributed by atoms with Crippen molar-refractivity contribution in [2.75, 3.05) is 23.7 Å². The minimum Gasteiger partial charge on any atom is -0.384 e. The van der Waals surface area contributed by atoms with Crippen molar-refractivity contribution in [1.82, 2.24) is 9.97 Å². The van der Waals surface area contributed by atoms with E-state index < -0.39 is 0 Å². The summed E-state index contributed by atoms with van der Waals surface area (Å²) in [6.45, 7) is 7.89. The van der Waals surface area contributed by atoms with Crippen molar-refractivity contribution in [3.8, 4) is 0 Å². The Morgan fingerprint density at radius 1 is 1.35 bits per heavy atom. The number of aryl methyl sites for hydroxylation is 1. The molecule has 17 heavy (non-hydrogen) atoms. The summed E-state index contributed by atoms with van der Waals surface area (Å²) >= 11 is 0. The highest BCUT2D eigenvalue weighted by Gasteiger charge is 2.23. The van der Waals surface area contributed by atoms with E-state index in [2.05, 4.69) is 28.7 Å². The zero-order chi connectivity index (χ0) is 12.4. The molecule has 1 fully saturated rings. The van der Waals surface area contributed by atoms with Crippen molar-refractivity contribution in [3.63, 3.8) is 0 Å². The molecule has 0 amide bonds. The Balaban J connectivity index is 2.23. The predicted molar refractivity (Wildman–Crippen MR) is 68.0 cm³/mol. The van der Waals surface area contributed by atoms with E-state index in [1.807, 2.05) is 13.0 Å². The number of rotatable bonds is 2. The zero-order valence-corrected chi connectivity index (χ0v) is 10.7. The molecule has 0 bridgehead atoms. The third kappa shape index (κ3) is 2.85. The maximum Gasteiger partial charge on any atom is 0.134 e. The number of anilines is 2. The van der Waals surface area contributed by atoms with Crippen LogP contribution in [0.15, 0.2) is 6.07 Å². The average Bonchev–Trinajstić information content (AvgIpc) is 2.26. The molecule has 2 heterocycles. The van der Waals surface area contributed by atoms with Crippen LogP contribution in [0, 0.1) is 0 Å². The number of ether oxygens (including phenoxy) is 1. The third-order valence-corrected chi connectivity index (χ3v) is 2.84. The van der Waals surface area contributed by atoms with Crippen molar-refractivity contribution in [3.05, 3.63) is 11.9 Å². The van der Waals surface area contributed by atoms with Crippen LogP contribution in [0.3, 0.4) is 0 Å². The molecule has 1 aromatic heterocycles. The maximum absolute atomic E-state index is 5.80. The fraction of sp³-hybridized carbons (Fsp3) is 0.667. The Morgan fingerprint density at radius 3 is 2.59 bits per heavy atom. The van der Waals surface area contributed by atoms with Gasteiger partial charge in [0.05, 0.1) is 12.2 Å². The summed E-state index contributed by atoms with van der Waals surface area (Å²) in [6, 6.07) is 1.84. The van der Waals surface area contributed by atoms with Crippen LogP contribution < -0.4 is 10.6 Å². The van der Waals surface area contributed by atoms with Gasteiger partial charge in [0.15, 0.2) is 0 Å². The van der Waals surface area contributed by atoms with Gasteiger partial charge >= 0.3 is 0 Å². The number of nitrogens with zero attached hydrogens (tertiary/aromatic N) is 3. The molecule has 5 heteroatoms. The first-order valence-electron chi connectivity index (χ1n) is 6.12. The van der Waals surface area contributed by atoms with Gasteiger partial charge in [-0.2, -0.15) is 0 Å². The molecule has 2 N–H and O–H groups in total. The van der Waals surface area contributed by atoms with Crippen LogP contribution >= 0.6 is 0 Å². The highest BCUT2D eigenvalue weighted by Crippen LogP contribution is 2.20. The van der Waals surface area contributed by atoms with Gasteiger partial charge in [0.25, 0.3) is 0 Å². The largest absolute Gasteiger partial charge is 0.384 e. The van der Waals surface area contributed by atoms with E-state index in [1.54, 1.807) is 0 Å². The van der Waals surface area contributed by atoms with E-state index in [0.29, 0.717) is 5.82 Å². The van der Waals surface area contributed by atoms with Crippen molar-refractivity contribution < 1.29 is 4.74 Å². The highest BCUT2D eigenvalue weighted by molar-refractivity contribution is 5.47. The standard InChI is InChI=1S/C12H20N4O/c1-4-11-14-10(13)5-12(15-11)16-6-8(2)17-9(3)7-16/h5,8-9H,4,6-7H2,1-3H3,(H2,13,14,15)/t8-,9+. The van der Waals surface area contributed by atoms with Crippen molar-refractivity contribution in [2.45, 2.75) is 39.4 Å². The first kappa shape index (κ1) is 12.1. The number of nitrogen functional groups attached to an aromatic ring is 1. The fourth-order valence-corrected chi connectivity index (χ4v) is 2.19. The molecule has 0 radical (unpaired) electrons. The quantitative estimate of drug-likeness (QED) is 0.836. The second kappa shape index (κ2) is 4.87. The smallest absolute Gasteiger partial charge is 0.134 e. The minimum absolute atomic E-state index is 0.222. The van der Waals surface area contributed by atoms with Crippen LogP contribution in [-0.2, 0) is 11.2 Å². The van der Waals surface area contributed by atoms with E-state index in [1.165, 1.54) is 0 Å². The van der Waals surface area contributed by atoms with Gasteiger partial charge in [-0.3, -0.25) is 0 Å². The monoisotopic (exact) mass is 236 g/mol. The van der Waals surface area contributed by atoms with Gasteiger partial charge in [0.1, 0.15) is 17.5 Å². The van der Waals surface area contributed by atoms with Gasteiger partial charge in [-0.15, -0.1) is 0 Å². The normalized spacial score (nSPS) is 25.0. The molecule has 1 saturated heterocycles. The lowest BCUT2D eigenvalue weighted by Crippen LogP contribution is -2.46. The van der Waals surface area contributed by atoms with Crippen molar-refractivity contribution in [2.24, 2.45) is 0 Å². The molecular formula is C12H20N4O. The summed E-state index contributed by atoms with van der Waals surface area (Å²) in [6.07, 6.45) is 1.24. The number of aromatic nitrogens is 2. The molecule has 1 aromatic rings. The number of nitrogens with two attached hydrogens (primary N) is 1. The third-order valence-electron chi connectivity index (χ3n) is 2.84. The Bertz CT molecular complexity index is 386. The molecule has 5 nitrogen and oxygen atoms in total. The Labute approximate surface area is 102 Å². The molecule has 94 valence electrons. The summed E-state index contributed by atoms with van der Waals surface area (Å²) in [7, 11) is 0. The van der Waals surface area contributed by atoms with Gasteiger partial charge in [-0.25, -0.2) is 9.97 Å². The molecule has 0 aliphatic carbocycles. The lowest BCUT2D eigenvalue weighted by molar-refractivity contribution is -0.00547. The maximum atomic E-state index is 5.80. The molecule has 0 spiro atoms. The van der Waals surface area contributed by atoms with E-state index >= 15 is 0 Å². The van der Waals surface area contributed by atoms with Gasteiger partial charge in [0.2, 0.25) is 0 Å². The van der Waals surface area contributed by atoms with Gasteiger partial charge in [-0.1, -0.05) is 6.92 Å². The molecular weight excluding hydrogens is 216 g/mol. The molecule has 0 unspecified atom stereocenters. The summed E-state index contributed by atoms with van der Waals surface area (Å²) in [5, 5.41) is 0. The van der Waals surface area contributed by atoms with Crippen LogP contribution in [-0.4, -0.2) is 35.3 Å². The molecule has 1 aliphatic heterocycles. The van der Waals surface area contributed by atoms with E-state index in [9.17, 15) is 0 Å². The van der Waals surface area contributed by atoms with Crippen LogP contribution in [0.4, 0.5) is 11.6 Å². The summed E-state index contributed by atoms with van der Waals surface area (Å²) < 4.78 is 5.71. The lowest BCUT2D eigenvalue weighted by atomic mass is 10.2. The Morgan fingerprint density at radius 2 is 2.00 bits per heavy atom.